The Labute approximate surface area is 189 Å². The molecule has 7 heteroatoms. The van der Waals surface area contributed by atoms with Crippen LogP contribution in [0, 0.1) is 13.8 Å². The zero-order valence-corrected chi connectivity index (χ0v) is 19.6. The van der Waals surface area contributed by atoms with Crippen LogP contribution in [0.25, 0.3) is 0 Å². The zero-order chi connectivity index (χ0) is 23.3. The molecule has 0 spiro atoms. The van der Waals surface area contributed by atoms with Gasteiger partial charge in [-0.05, 0) is 73.9 Å². The predicted octanol–water partition coefficient (Wildman–Crippen LogP) is 4.92. The maximum absolute atomic E-state index is 12.6. The molecule has 0 saturated heterocycles. The minimum Gasteiger partial charge on any atom is -0.492 e. The number of hydrogen-bond donors (Lipinski definition) is 1. The normalized spacial score (nSPS) is 11.1. The summed E-state index contributed by atoms with van der Waals surface area (Å²) in [5, 5.41) is 2.90. The predicted molar refractivity (Wildman–Crippen MR) is 129 cm³/mol. The summed E-state index contributed by atoms with van der Waals surface area (Å²) >= 11 is 0. The lowest BCUT2D eigenvalue weighted by atomic mass is 10.1. The molecule has 3 aromatic rings. The van der Waals surface area contributed by atoms with Gasteiger partial charge in [0.25, 0.3) is 5.91 Å². The molecule has 6 nitrogen and oxygen atoms in total. The highest BCUT2D eigenvalue weighted by Crippen LogP contribution is 2.31. The molecule has 0 bridgehead atoms. The molecule has 1 N–H and O–H groups in total. The van der Waals surface area contributed by atoms with Crippen LogP contribution >= 0.6 is 0 Å². The number of amides is 1. The minimum absolute atomic E-state index is 0.127. The standard InChI is InChI=1S/C25H28N2O4S/c1-5-31-24-9-7-6-8-23(24)27(32(4,29)30)17-20-11-13-21(14-12-20)25(28)26-22-15-10-18(2)19(3)16-22/h6-16H,5,17H2,1-4H3,(H,26,28). The van der Waals surface area contributed by atoms with Crippen LogP contribution in [0.4, 0.5) is 11.4 Å². The first-order valence-corrected chi connectivity index (χ1v) is 12.2. The summed E-state index contributed by atoms with van der Waals surface area (Å²) in [6.07, 6.45) is 1.17. The van der Waals surface area contributed by atoms with E-state index in [0.29, 0.717) is 23.6 Å². The van der Waals surface area contributed by atoms with Gasteiger partial charge in [-0.3, -0.25) is 9.10 Å². The molecule has 3 rings (SSSR count). The maximum Gasteiger partial charge on any atom is 0.255 e. The van der Waals surface area contributed by atoms with Crippen molar-refractivity contribution in [1.29, 1.82) is 0 Å². The first kappa shape index (κ1) is 23.3. The van der Waals surface area contributed by atoms with Crippen molar-refractivity contribution >= 4 is 27.3 Å². The van der Waals surface area contributed by atoms with Crippen molar-refractivity contribution in [3.05, 3.63) is 89.0 Å². The van der Waals surface area contributed by atoms with Gasteiger partial charge in [-0.2, -0.15) is 0 Å². The van der Waals surface area contributed by atoms with Gasteiger partial charge in [0.2, 0.25) is 10.0 Å². The number of anilines is 2. The van der Waals surface area contributed by atoms with Crippen molar-refractivity contribution in [3.8, 4) is 5.75 Å². The summed E-state index contributed by atoms with van der Waals surface area (Å²) < 4.78 is 32.0. The Morgan fingerprint density at radius 3 is 2.28 bits per heavy atom. The van der Waals surface area contributed by atoms with Gasteiger partial charge in [-0.1, -0.05) is 30.3 Å². The van der Waals surface area contributed by atoms with Crippen molar-refractivity contribution in [1.82, 2.24) is 0 Å². The van der Waals surface area contributed by atoms with E-state index in [9.17, 15) is 13.2 Å². The van der Waals surface area contributed by atoms with Gasteiger partial charge in [-0.25, -0.2) is 8.42 Å². The Morgan fingerprint density at radius 2 is 1.66 bits per heavy atom. The summed E-state index contributed by atoms with van der Waals surface area (Å²) in [7, 11) is -3.56. The van der Waals surface area contributed by atoms with E-state index in [4.69, 9.17) is 4.74 Å². The van der Waals surface area contributed by atoms with Gasteiger partial charge in [-0.15, -0.1) is 0 Å². The van der Waals surface area contributed by atoms with Crippen LogP contribution in [0.2, 0.25) is 0 Å². The van der Waals surface area contributed by atoms with E-state index in [-0.39, 0.29) is 12.5 Å². The summed E-state index contributed by atoms with van der Waals surface area (Å²) in [6, 6.07) is 19.7. The smallest absolute Gasteiger partial charge is 0.255 e. The number of aryl methyl sites for hydroxylation is 2. The first-order chi connectivity index (χ1) is 15.2. The second-order valence-electron chi connectivity index (χ2n) is 7.62. The van der Waals surface area contributed by atoms with Crippen LogP contribution in [0.1, 0.15) is 34.0 Å². The van der Waals surface area contributed by atoms with Crippen LogP contribution in [-0.4, -0.2) is 27.2 Å². The number of sulfonamides is 1. The number of ether oxygens (including phenoxy) is 1. The molecule has 32 heavy (non-hydrogen) atoms. The fraction of sp³-hybridized carbons (Fsp3) is 0.240. The van der Waals surface area contributed by atoms with E-state index >= 15 is 0 Å². The van der Waals surface area contributed by atoms with Gasteiger partial charge in [0.15, 0.2) is 0 Å². The zero-order valence-electron chi connectivity index (χ0n) is 18.8. The van der Waals surface area contributed by atoms with E-state index < -0.39 is 10.0 Å². The van der Waals surface area contributed by atoms with Crippen molar-refractivity contribution in [2.45, 2.75) is 27.3 Å². The summed E-state index contributed by atoms with van der Waals surface area (Å²) in [5.41, 5.74) is 4.73. The van der Waals surface area contributed by atoms with E-state index in [0.717, 1.165) is 22.4 Å². The van der Waals surface area contributed by atoms with Gasteiger partial charge in [0.05, 0.1) is 25.1 Å². The van der Waals surface area contributed by atoms with E-state index in [1.807, 2.05) is 39.0 Å². The molecule has 0 aliphatic carbocycles. The van der Waals surface area contributed by atoms with E-state index in [1.165, 1.54) is 10.6 Å². The van der Waals surface area contributed by atoms with Gasteiger partial charge >= 0.3 is 0 Å². The number of para-hydroxylation sites is 2. The fourth-order valence-corrected chi connectivity index (χ4v) is 4.16. The minimum atomic E-state index is -3.56. The molecule has 0 unspecified atom stereocenters. The number of nitrogens with one attached hydrogen (secondary N) is 1. The van der Waals surface area contributed by atoms with Crippen LogP contribution in [0.5, 0.6) is 5.75 Å². The van der Waals surface area contributed by atoms with E-state index in [1.54, 1.807) is 48.5 Å². The molecule has 0 fully saturated rings. The summed E-state index contributed by atoms with van der Waals surface area (Å²) in [4.78, 5) is 12.6. The van der Waals surface area contributed by atoms with Crippen LogP contribution in [-0.2, 0) is 16.6 Å². The van der Waals surface area contributed by atoms with Crippen molar-refractivity contribution in [2.24, 2.45) is 0 Å². The highest BCUT2D eigenvalue weighted by atomic mass is 32.2. The number of carbonyl (C=O) groups excluding carboxylic acids is 1. The molecular formula is C25H28N2O4S. The molecule has 0 aromatic heterocycles. The molecule has 3 aromatic carbocycles. The Hall–Kier alpha value is -3.32. The largest absolute Gasteiger partial charge is 0.492 e. The Balaban J connectivity index is 1.79. The third kappa shape index (κ3) is 5.68. The van der Waals surface area contributed by atoms with Gasteiger partial charge < -0.3 is 10.1 Å². The average Bonchev–Trinajstić information content (AvgIpc) is 2.75. The summed E-state index contributed by atoms with van der Waals surface area (Å²) in [6.45, 7) is 6.42. The van der Waals surface area contributed by atoms with Crippen LogP contribution in [0.3, 0.4) is 0 Å². The Bertz CT molecular complexity index is 1200. The second kappa shape index (κ2) is 9.87. The monoisotopic (exact) mass is 452 g/mol. The average molecular weight is 453 g/mol. The SMILES string of the molecule is CCOc1ccccc1N(Cc1ccc(C(=O)Nc2ccc(C)c(C)c2)cc1)S(C)(=O)=O. The molecular weight excluding hydrogens is 424 g/mol. The molecule has 0 aliphatic heterocycles. The number of nitrogens with zero attached hydrogens (tertiary/aromatic N) is 1. The maximum atomic E-state index is 12.6. The van der Waals surface area contributed by atoms with Crippen molar-refractivity contribution < 1.29 is 17.9 Å². The molecule has 1 amide bonds. The molecule has 0 aliphatic rings. The highest BCUT2D eigenvalue weighted by Gasteiger charge is 2.21. The van der Waals surface area contributed by atoms with E-state index in [2.05, 4.69) is 5.32 Å². The fourth-order valence-electron chi connectivity index (χ4n) is 3.27. The number of rotatable bonds is 8. The molecule has 0 atom stereocenters. The molecule has 0 heterocycles. The highest BCUT2D eigenvalue weighted by molar-refractivity contribution is 7.92. The Kier molecular flexibility index (Phi) is 7.20. The number of hydrogen-bond acceptors (Lipinski definition) is 4. The third-order valence-corrected chi connectivity index (χ3v) is 6.27. The van der Waals surface area contributed by atoms with Crippen LogP contribution in [0.15, 0.2) is 66.7 Å². The van der Waals surface area contributed by atoms with Crippen molar-refractivity contribution in [2.75, 3.05) is 22.5 Å². The second-order valence-corrected chi connectivity index (χ2v) is 9.53. The third-order valence-electron chi connectivity index (χ3n) is 5.14. The quantitative estimate of drug-likeness (QED) is 0.526. The number of benzene rings is 3. The first-order valence-electron chi connectivity index (χ1n) is 10.4. The van der Waals surface area contributed by atoms with Gasteiger partial charge in [0, 0.05) is 11.3 Å². The van der Waals surface area contributed by atoms with Gasteiger partial charge in [0.1, 0.15) is 5.75 Å². The lowest BCUT2D eigenvalue weighted by Crippen LogP contribution is -2.29. The number of carbonyl (C=O) groups is 1. The van der Waals surface area contributed by atoms with Crippen LogP contribution < -0.4 is 14.4 Å². The summed E-state index contributed by atoms with van der Waals surface area (Å²) in [5.74, 6) is 0.284. The van der Waals surface area contributed by atoms with Crippen molar-refractivity contribution in [3.63, 3.8) is 0 Å². The topological polar surface area (TPSA) is 75.7 Å². The molecule has 0 saturated carbocycles. The lowest BCUT2D eigenvalue weighted by molar-refractivity contribution is 0.102. The molecule has 168 valence electrons. The Morgan fingerprint density at radius 1 is 0.969 bits per heavy atom. The lowest BCUT2D eigenvalue weighted by Gasteiger charge is -2.24. The molecule has 0 radical (unpaired) electrons.